The van der Waals surface area contributed by atoms with Crippen molar-refractivity contribution in [2.24, 2.45) is 5.92 Å². The Bertz CT molecular complexity index is 188. The number of nitrogens with one attached hydrogen (secondary N) is 1. The summed E-state index contributed by atoms with van der Waals surface area (Å²) in [5.74, 6) is 3.64. The lowest BCUT2D eigenvalue weighted by Gasteiger charge is -2.25. The van der Waals surface area contributed by atoms with Crippen molar-refractivity contribution in [3.63, 3.8) is 0 Å². The lowest BCUT2D eigenvalue weighted by Crippen LogP contribution is -2.36. The van der Waals surface area contributed by atoms with E-state index in [1.165, 1.54) is 43.6 Å². The van der Waals surface area contributed by atoms with E-state index in [-0.39, 0.29) is 0 Å². The molecule has 0 saturated carbocycles. The highest BCUT2D eigenvalue weighted by Crippen LogP contribution is 2.29. The Morgan fingerprint density at radius 3 is 3.00 bits per heavy atom. The van der Waals surface area contributed by atoms with E-state index >= 15 is 0 Å². The van der Waals surface area contributed by atoms with Gasteiger partial charge in [-0.25, -0.2) is 0 Å². The minimum absolute atomic E-state index is 0.565. The van der Waals surface area contributed by atoms with Crippen LogP contribution in [0.5, 0.6) is 0 Å². The Labute approximate surface area is 104 Å². The summed E-state index contributed by atoms with van der Waals surface area (Å²) in [7, 11) is 0. The fourth-order valence-electron chi connectivity index (χ4n) is 2.87. The van der Waals surface area contributed by atoms with Crippen molar-refractivity contribution in [1.82, 2.24) is 5.32 Å². The summed E-state index contributed by atoms with van der Waals surface area (Å²) in [5.41, 5.74) is 0. The molecule has 0 aromatic carbocycles. The van der Waals surface area contributed by atoms with Crippen LogP contribution in [0.3, 0.4) is 0 Å². The summed E-state index contributed by atoms with van der Waals surface area (Å²) >= 11 is 2.12. The smallest absolute Gasteiger partial charge is 0.0576 e. The van der Waals surface area contributed by atoms with Crippen LogP contribution in [-0.2, 0) is 4.74 Å². The fourth-order valence-corrected chi connectivity index (χ4v) is 4.21. The molecule has 0 radical (unpaired) electrons. The maximum absolute atomic E-state index is 5.71. The van der Waals surface area contributed by atoms with Gasteiger partial charge in [-0.15, -0.1) is 0 Å². The second-order valence-corrected chi connectivity index (χ2v) is 6.15. The van der Waals surface area contributed by atoms with Crippen LogP contribution in [0.15, 0.2) is 0 Å². The lowest BCUT2D eigenvalue weighted by atomic mass is 9.93. The monoisotopic (exact) mass is 243 g/mol. The minimum atomic E-state index is 0.565. The van der Waals surface area contributed by atoms with Crippen molar-refractivity contribution in [3.05, 3.63) is 0 Å². The first-order valence-corrected chi connectivity index (χ1v) is 7.98. The highest BCUT2D eigenvalue weighted by Gasteiger charge is 2.26. The lowest BCUT2D eigenvalue weighted by molar-refractivity contribution is 0.0977. The first-order valence-electron chi connectivity index (χ1n) is 6.83. The van der Waals surface area contributed by atoms with Crippen molar-refractivity contribution in [2.45, 2.75) is 51.2 Å². The summed E-state index contributed by atoms with van der Waals surface area (Å²) in [6, 6.07) is 0.740. The summed E-state index contributed by atoms with van der Waals surface area (Å²) in [5, 5.41) is 3.68. The molecule has 0 spiro atoms. The molecule has 16 heavy (non-hydrogen) atoms. The van der Waals surface area contributed by atoms with Crippen molar-refractivity contribution in [3.8, 4) is 0 Å². The van der Waals surface area contributed by atoms with E-state index in [0.29, 0.717) is 6.10 Å². The van der Waals surface area contributed by atoms with E-state index in [4.69, 9.17) is 4.74 Å². The number of rotatable bonds is 6. The largest absolute Gasteiger partial charge is 0.378 e. The molecule has 2 nitrogen and oxygen atoms in total. The predicted octanol–water partition coefficient (Wildman–Crippen LogP) is 2.68. The Hall–Kier alpha value is 0.270. The summed E-state index contributed by atoms with van der Waals surface area (Å²) in [6.07, 6.45) is 7.11. The van der Waals surface area contributed by atoms with Crippen LogP contribution in [-0.4, -0.2) is 36.8 Å². The Balaban J connectivity index is 1.72. The van der Waals surface area contributed by atoms with Crippen molar-refractivity contribution in [1.29, 1.82) is 0 Å². The highest BCUT2D eigenvalue weighted by atomic mass is 32.2. The molecule has 2 aliphatic heterocycles. The summed E-state index contributed by atoms with van der Waals surface area (Å²) in [4.78, 5) is 0. The third-order valence-electron chi connectivity index (χ3n) is 3.82. The average Bonchev–Trinajstić information content (AvgIpc) is 2.96. The van der Waals surface area contributed by atoms with E-state index in [2.05, 4.69) is 24.0 Å². The van der Waals surface area contributed by atoms with Crippen molar-refractivity contribution in [2.75, 3.05) is 24.7 Å². The molecule has 3 heteroatoms. The van der Waals surface area contributed by atoms with Gasteiger partial charge in [0.25, 0.3) is 0 Å². The molecular weight excluding hydrogens is 218 g/mol. The van der Waals surface area contributed by atoms with Gasteiger partial charge in [-0.3, -0.25) is 0 Å². The van der Waals surface area contributed by atoms with Crippen LogP contribution in [0.4, 0.5) is 0 Å². The van der Waals surface area contributed by atoms with Crippen LogP contribution in [0.1, 0.15) is 39.0 Å². The van der Waals surface area contributed by atoms with Crippen LogP contribution < -0.4 is 5.32 Å². The number of thioether (sulfide) groups is 1. The quantitative estimate of drug-likeness (QED) is 0.775. The molecule has 2 saturated heterocycles. The van der Waals surface area contributed by atoms with E-state index in [0.717, 1.165) is 25.1 Å². The van der Waals surface area contributed by atoms with E-state index < -0.39 is 0 Å². The number of hydrogen-bond acceptors (Lipinski definition) is 3. The molecule has 2 aliphatic rings. The van der Waals surface area contributed by atoms with Gasteiger partial charge < -0.3 is 10.1 Å². The Kier molecular flexibility index (Phi) is 5.46. The molecule has 0 aromatic rings. The predicted molar refractivity (Wildman–Crippen MR) is 71.1 cm³/mol. The van der Waals surface area contributed by atoms with Crippen LogP contribution in [0.25, 0.3) is 0 Å². The van der Waals surface area contributed by atoms with Gasteiger partial charge in [0.15, 0.2) is 0 Å². The standard InChI is InChI=1S/C13H25NOS/c1-2-14-13(11-7-9-16-10-11)6-5-12-4-3-8-15-12/h11-14H,2-10H2,1H3. The SMILES string of the molecule is CCNC(CCC1CCCO1)C1CCSC1. The molecule has 3 atom stereocenters. The second kappa shape index (κ2) is 6.87. The maximum Gasteiger partial charge on any atom is 0.0576 e. The molecule has 0 amide bonds. The second-order valence-electron chi connectivity index (χ2n) is 5.00. The number of ether oxygens (including phenoxy) is 1. The zero-order valence-electron chi connectivity index (χ0n) is 10.4. The molecule has 0 bridgehead atoms. The zero-order chi connectivity index (χ0) is 11.2. The minimum Gasteiger partial charge on any atom is -0.378 e. The van der Waals surface area contributed by atoms with Gasteiger partial charge in [-0.05, 0) is 56.1 Å². The zero-order valence-corrected chi connectivity index (χ0v) is 11.2. The Morgan fingerprint density at radius 1 is 1.44 bits per heavy atom. The fraction of sp³-hybridized carbons (Fsp3) is 1.00. The molecule has 94 valence electrons. The van der Waals surface area contributed by atoms with Crippen molar-refractivity contribution >= 4 is 11.8 Å². The molecule has 0 aliphatic carbocycles. The molecule has 1 N–H and O–H groups in total. The highest BCUT2D eigenvalue weighted by molar-refractivity contribution is 7.99. The molecular formula is C13H25NOS. The Morgan fingerprint density at radius 2 is 2.38 bits per heavy atom. The van der Waals surface area contributed by atoms with E-state index in [9.17, 15) is 0 Å². The van der Waals surface area contributed by atoms with Gasteiger partial charge in [0, 0.05) is 12.6 Å². The maximum atomic E-state index is 5.71. The van der Waals surface area contributed by atoms with E-state index in [1.54, 1.807) is 0 Å². The molecule has 2 fully saturated rings. The molecule has 0 aromatic heterocycles. The van der Waals surface area contributed by atoms with Crippen molar-refractivity contribution < 1.29 is 4.74 Å². The third kappa shape index (κ3) is 3.64. The van der Waals surface area contributed by atoms with Gasteiger partial charge in [0.1, 0.15) is 0 Å². The molecule has 2 rings (SSSR count). The van der Waals surface area contributed by atoms with Gasteiger partial charge in [-0.2, -0.15) is 11.8 Å². The van der Waals surface area contributed by atoms with Crippen LogP contribution in [0.2, 0.25) is 0 Å². The number of hydrogen-bond donors (Lipinski definition) is 1. The first-order chi connectivity index (χ1) is 7.90. The van der Waals surface area contributed by atoms with Gasteiger partial charge in [0.2, 0.25) is 0 Å². The topological polar surface area (TPSA) is 21.3 Å². The van der Waals surface area contributed by atoms with Crippen LogP contribution >= 0.6 is 11.8 Å². The third-order valence-corrected chi connectivity index (χ3v) is 5.01. The summed E-state index contributed by atoms with van der Waals surface area (Å²) in [6.45, 7) is 4.33. The van der Waals surface area contributed by atoms with Gasteiger partial charge in [-0.1, -0.05) is 6.92 Å². The van der Waals surface area contributed by atoms with Crippen LogP contribution in [0, 0.1) is 5.92 Å². The van der Waals surface area contributed by atoms with Gasteiger partial charge in [0.05, 0.1) is 6.10 Å². The molecule has 2 heterocycles. The van der Waals surface area contributed by atoms with E-state index in [1.807, 2.05) is 0 Å². The normalized spacial score (nSPS) is 32.1. The molecule has 3 unspecified atom stereocenters. The average molecular weight is 243 g/mol. The van der Waals surface area contributed by atoms with Gasteiger partial charge >= 0.3 is 0 Å². The summed E-state index contributed by atoms with van der Waals surface area (Å²) < 4.78 is 5.71. The first kappa shape index (κ1) is 12.7.